The average Bonchev–Trinajstić information content (AvgIpc) is 2.53. The third-order valence-electron chi connectivity index (χ3n) is 3.38. The maximum atomic E-state index is 4.50. The highest BCUT2D eigenvalue weighted by Crippen LogP contribution is 2.26. The van der Waals surface area contributed by atoms with Crippen molar-refractivity contribution in [2.75, 3.05) is 6.54 Å². The van der Waals surface area contributed by atoms with Crippen LogP contribution in [0.4, 0.5) is 0 Å². The van der Waals surface area contributed by atoms with E-state index in [0.29, 0.717) is 0 Å². The van der Waals surface area contributed by atoms with Gasteiger partial charge >= 0.3 is 0 Å². The summed E-state index contributed by atoms with van der Waals surface area (Å²) in [7, 11) is 0. The highest BCUT2D eigenvalue weighted by Gasteiger charge is 2.16. The lowest BCUT2D eigenvalue weighted by Crippen LogP contribution is -2.23. The monoisotopic (exact) mass is 263 g/mol. The van der Waals surface area contributed by atoms with Gasteiger partial charge in [0, 0.05) is 17.8 Å². The lowest BCUT2D eigenvalue weighted by atomic mass is 9.98. The normalized spacial score (nSPS) is 12.4. The third kappa shape index (κ3) is 2.40. The fraction of sp³-hybridized carbons (Fsp3) is 0.176. The summed E-state index contributed by atoms with van der Waals surface area (Å²) >= 11 is 0. The molecule has 0 spiro atoms. The number of fused-ring (bicyclic) bond motifs is 1. The highest BCUT2D eigenvalue weighted by atomic mass is 14.9. The number of hydrogen-bond donors (Lipinski definition) is 1. The van der Waals surface area contributed by atoms with E-state index in [1.165, 1.54) is 10.9 Å². The average molecular weight is 263 g/mol. The molecular weight excluding hydrogens is 246 g/mol. The quantitative estimate of drug-likeness (QED) is 0.784. The van der Waals surface area contributed by atoms with Gasteiger partial charge in [-0.15, -0.1) is 0 Å². The van der Waals surface area contributed by atoms with Gasteiger partial charge in [0.25, 0.3) is 0 Å². The van der Waals surface area contributed by atoms with Crippen LogP contribution in [0.5, 0.6) is 0 Å². The van der Waals surface area contributed by atoms with Gasteiger partial charge in [0.1, 0.15) is 0 Å². The molecule has 0 bridgehead atoms. The molecule has 0 fully saturated rings. The second-order valence-electron chi connectivity index (χ2n) is 4.66. The van der Waals surface area contributed by atoms with Crippen LogP contribution in [0.1, 0.15) is 24.2 Å². The van der Waals surface area contributed by atoms with Crippen LogP contribution in [0.25, 0.3) is 10.9 Å². The van der Waals surface area contributed by atoms with Crippen molar-refractivity contribution < 1.29 is 0 Å². The molecule has 0 amide bonds. The lowest BCUT2D eigenvalue weighted by Gasteiger charge is -2.19. The molecule has 3 rings (SSSR count). The van der Waals surface area contributed by atoms with Crippen LogP contribution in [0.2, 0.25) is 0 Å². The first-order valence-electron chi connectivity index (χ1n) is 6.88. The molecule has 0 aliphatic carbocycles. The zero-order chi connectivity index (χ0) is 13.8. The van der Waals surface area contributed by atoms with Crippen molar-refractivity contribution in [3.63, 3.8) is 0 Å². The second-order valence-corrected chi connectivity index (χ2v) is 4.66. The van der Waals surface area contributed by atoms with Crippen LogP contribution < -0.4 is 5.32 Å². The molecule has 0 radical (unpaired) electrons. The molecule has 3 heteroatoms. The number of aromatic nitrogens is 2. The Balaban J connectivity index is 2.15. The maximum absolute atomic E-state index is 4.50. The van der Waals surface area contributed by atoms with Crippen LogP contribution in [0, 0.1) is 0 Å². The smallest absolute Gasteiger partial charge is 0.0757 e. The summed E-state index contributed by atoms with van der Waals surface area (Å²) in [6.45, 7) is 3.00. The topological polar surface area (TPSA) is 37.8 Å². The minimum atomic E-state index is 0.0918. The fourth-order valence-electron chi connectivity index (χ4n) is 2.50. The Morgan fingerprint density at radius 1 is 0.950 bits per heavy atom. The van der Waals surface area contributed by atoms with E-state index in [1.54, 1.807) is 0 Å². The van der Waals surface area contributed by atoms with Gasteiger partial charge in [-0.25, -0.2) is 0 Å². The van der Waals surface area contributed by atoms with Gasteiger partial charge in [-0.3, -0.25) is 9.97 Å². The Labute approximate surface area is 118 Å². The first-order chi connectivity index (χ1) is 9.90. The van der Waals surface area contributed by atoms with Crippen LogP contribution >= 0.6 is 0 Å². The summed E-state index contributed by atoms with van der Waals surface area (Å²) in [5.41, 5.74) is 3.27. The molecule has 3 nitrogen and oxygen atoms in total. The Morgan fingerprint density at radius 3 is 2.65 bits per heavy atom. The van der Waals surface area contributed by atoms with Crippen molar-refractivity contribution in [3.05, 3.63) is 72.2 Å². The van der Waals surface area contributed by atoms with Crippen molar-refractivity contribution in [3.8, 4) is 0 Å². The number of nitrogens with zero attached hydrogens (tertiary/aromatic N) is 2. The van der Waals surface area contributed by atoms with Gasteiger partial charge in [-0.05, 0) is 36.4 Å². The number of pyridine rings is 2. The molecule has 0 saturated heterocycles. The SMILES string of the molecule is CCNC(c1ccccn1)c1cccc2ncccc12. The predicted octanol–water partition coefficient (Wildman–Crippen LogP) is 3.33. The first kappa shape index (κ1) is 12.8. The number of benzene rings is 1. The van der Waals surface area contributed by atoms with Crippen LogP contribution in [0.3, 0.4) is 0 Å². The van der Waals surface area contributed by atoms with Crippen molar-refractivity contribution in [1.82, 2.24) is 15.3 Å². The summed E-state index contributed by atoms with van der Waals surface area (Å²) in [5, 5.41) is 4.69. The van der Waals surface area contributed by atoms with Crippen LogP contribution in [-0.2, 0) is 0 Å². The van der Waals surface area contributed by atoms with Gasteiger partial charge < -0.3 is 5.32 Å². The summed E-state index contributed by atoms with van der Waals surface area (Å²) in [6.07, 6.45) is 3.66. The second kappa shape index (κ2) is 5.80. The van der Waals surface area contributed by atoms with Gasteiger partial charge in [0.05, 0.1) is 17.3 Å². The summed E-state index contributed by atoms with van der Waals surface area (Å²) in [6, 6.07) is 16.5. The molecule has 100 valence electrons. The van der Waals surface area contributed by atoms with Gasteiger partial charge in [-0.2, -0.15) is 0 Å². The molecule has 1 aromatic carbocycles. The Kier molecular flexibility index (Phi) is 3.70. The molecule has 0 aliphatic heterocycles. The summed E-state index contributed by atoms with van der Waals surface area (Å²) in [5.74, 6) is 0. The fourth-order valence-corrected chi connectivity index (χ4v) is 2.50. The molecule has 3 aromatic rings. The molecule has 1 N–H and O–H groups in total. The maximum Gasteiger partial charge on any atom is 0.0757 e. The predicted molar refractivity (Wildman–Crippen MR) is 81.5 cm³/mol. The van der Waals surface area contributed by atoms with E-state index in [0.717, 1.165) is 17.8 Å². The lowest BCUT2D eigenvalue weighted by molar-refractivity contribution is 0.619. The van der Waals surface area contributed by atoms with E-state index >= 15 is 0 Å². The molecule has 20 heavy (non-hydrogen) atoms. The van der Waals surface area contributed by atoms with Crippen LogP contribution in [0.15, 0.2) is 60.9 Å². The van der Waals surface area contributed by atoms with Crippen molar-refractivity contribution in [1.29, 1.82) is 0 Å². The highest BCUT2D eigenvalue weighted by molar-refractivity contribution is 5.82. The number of nitrogens with one attached hydrogen (secondary N) is 1. The van der Waals surface area contributed by atoms with E-state index in [2.05, 4.69) is 46.5 Å². The molecular formula is C17H17N3. The van der Waals surface area contributed by atoms with Crippen molar-refractivity contribution >= 4 is 10.9 Å². The van der Waals surface area contributed by atoms with Crippen molar-refractivity contribution in [2.45, 2.75) is 13.0 Å². The zero-order valence-corrected chi connectivity index (χ0v) is 11.5. The molecule has 2 heterocycles. The zero-order valence-electron chi connectivity index (χ0n) is 11.5. The van der Waals surface area contributed by atoms with E-state index < -0.39 is 0 Å². The largest absolute Gasteiger partial charge is 0.305 e. The number of hydrogen-bond acceptors (Lipinski definition) is 3. The Hall–Kier alpha value is -2.26. The number of rotatable bonds is 4. The van der Waals surface area contributed by atoms with E-state index in [-0.39, 0.29) is 6.04 Å². The van der Waals surface area contributed by atoms with Gasteiger partial charge in [-0.1, -0.05) is 31.2 Å². The van der Waals surface area contributed by atoms with E-state index in [4.69, 9.17) is 0 Å². The summed E-state index contributed by atoms with van der Waals surface area (Å²) in [4.78, 5) is 8.93. The molecule has 0 aliphatic rings. The Bertz CT molecular complexity index is 689. The van der Waals surface area contributed by atoms with Crippen LogP contribution in [-0.4, -0.2) is 16.5 Å². The summed E-state index contributed by atoms with van der Waals surface area (Å²) < 4.78 is 0. The third-order valence-corrected chi connectivity index (χ3v) is 3.38. The van der Waals surface area contributed by atoms with Gasteiger partial charge in [0.2, 0.25) is 0 Å². The van der Waals surface area contributed by atoms with E-state index in [9.17, 15) is 0 Å². The minimum Gasteiger partial charge on any atom is -0.305 e. The first-order valence-corrected chi connectivity index (χ1v) is 6.88. The van der Waals surface area contributed by atoms with Gasteiger partial charge in [0.15, 0.2) is 0 Å². The molecule has 0 saturated carbocycles. The molecule has 2 aromatic heterocycles. The Morgan fingerprint density at radius 2 is 1.85 bits per heavy atom. The van der Waals surface area contributed by atoms with E-state index in [1.807, 2.05) is 36.7 Å². The van der Waals surface area contributed by atoms with Crippen molar-refractivity contribution in [2.24, 2.45) is 0 Å². The minimum absolute atomic E-state index is 0.0918. The molecule has 1 atom stereocenters. The standard InChI is InChI=1S/C17H17N3/c1-2-18-17(16-9-3-4-11-20-16)14-7-5-10-15-13(14)8-6-12-19-15/h3-12,17-18H,2H2,1H3. The molecule has 1 unspecified atom stereocenters.